The van der Waals surface area contributed by atoms with Gasteiger partial charge in [0.25, 0.3) is 0 Å². The third-order valence-corrected chi connectivity index (χ3v) is 4.61. The van der Waals surface area contributed by atoms with Crippen molar-refractivity contribution in [3.05, 3.63) is 0 Å². The molecule has 1 unspecified atom stereocenters. The van der Waals surface area contributed by atoms with E-state index in [0.29, 0.717) is 18.7 Å². The Labute approximate surface area is 105 Å². The zero-order valence-corrected chi connectivity index (χ0v) is 10.5. The molecule has 5 nitrogen and oxygen atoms in total. The van der Waals surface area contributed by atoms with Gasteiger partial charge in [0.2, 0.25) is 5.91 Å². The molecule has 0 spiro atoms. The van der Waals surface area contributed by atoms with Crippen LogP contribution in [0, 0.1) is 0 Å². The lowest BCUT2D eigenvalue weighted by Gasteiger charge is -2.40. The van der Waals surface area contributed by atoms with Gasteiger partial charge < -0.3 is 15.7 Å². The predicted molar refractivity (Wildman–Crippen MR) is 65.8 cm³/mol. The van der Waals surface area contributed by atoms with Gasteiger partial charge in [-0.3, -0.25) is 4.79 Å². The minimum atomic E-state index is -0.912. The van der Waals surface area contributed by atoms with Crippen molar-refractivity contribution in [2.75, 3.05) is 18.1 Å². The van der Waals surface area contributed by atoms with Crippen LogP contribution in [0.25, 0.3) is 0 Å². The van der Waals surface area contributed by atoms with Gasteiger partial charge in [-0.2, -0.15) is 11.8 Å². The number of hydrogen-bond donors (Lipinski definition) is 2. The fourth-order valence-electron chi connectivity index (χ4n) is 2.32. The number of carboxylic acid groups (broad SMARTS) is 1. The number of nitrogens with two attached hydrogens (primary N) is 1. The van der Waals surface area contributed by atoms with Gasteiger partial charge in [0.15, 0.2) is 0 Å². The molecule has 1 heterocycles. The van der Waals surface area contributed by atoms with Gasteiger partial charge in [-0.15, -0.1) is 0 Å². The smallest absolute Gasteiger partial charge is 0.327 e. The normalized spacial score (nSPS) is 27.4. The van der Waals surface area contributed by atoms with Crippen molar-refractivity contribution in [3.63, 3.8) is 0 Å². The number of carboxylic acids is 1. The predicted octanol–water partition coefficient (Wildman–Crippen LogP) is 0.286. The Hall–Kier alpha value is -0.750. The second-order valence-corrected chi connectivity index (χ2v) is 6.06. The van der Waals surface area contributed by atoms with E-state index in [1.807, 2.05) is 0 Å². The number of amides is 1. The molecule has 0 aromatic heterocycles. The zero-order chi connectivity index (χ0) is 12.5. The summed E-state index contributed by atoms with van der Waals surface area (Å²) >= 11 is 1.58. The van der Waals surface area contributed by atoms with E-state index < -0.39 is 12.0 Å². The van der Waals surface area contributed by atoms with Crippen molar-refractivity contribution < 1.29 is 14.7 Å². The molecule has 1 aliphatic carbocycles. The lowest BCUT2D eigenvalue weighted by atomic mass is 9.75. The number of carbonyl (C=O) groups excluding carboxylic acids is 1. The Morgan fingerprint density at radius 1 is 1.47 bits per heavy atom. The van der Waals surface area contributed by atoms with E-state index in [1.165, 1.54) is 4.90 Å². The average molecular weight is 258 g/mol. The van der Waals surface area contributed by atoms with Gasteiger partial charge in [0.1, 0.15) is 6.04 Å². The summed E-state index contributed by atoms with van der Waals surface area (Å²) in [7, 11) is 0. The Bertz CT molecular complexity index is 331. The molecule has 2 fully saturated rings. The third-order valence-electron chi connectivity index (χ3n) is 3.59. The third kappa shape index (κ3) is 2.74. The molecule has 96 valence electrons. The van der Waals surface area contributed by atoms with Gasteiger partial charge in [0.05, 0.1) is 0 Å². The maximum atomic E-state index is 12.1. The summed E-state index contributed by atoms with van der Waals surface area (Å²) in [5.74, 6) is 0.288. The van der Waals surface area contributed by atoms with E-state index in [2.05, 4.69) is 0 Å². The molecule has 0 bridgehead atoms. The molecule has 2 rings (SSSR count). The van der Waals surface area contributed by atoms with E-state index in [4.69, 9.17) is 10.8 Å². The van der Waals surface area contributed by atoms with E-state index in [9.17, 15) is 9.59 Å². The van der Waals surface area contributed by atoms with Crippen LogP contribution in [-0.2, 0) is 9.59 Å². The number of thioether (sulfide) groups is 1. The topological polar surface area (TPSA) is 83.6 Å². The fraction of sp³-hybridized carbons (Fsp3) is 0.818. The lowest BCUT2D eigenvalue weighted by molar-refractivity contribution is -0.150. The first-order valence-electron chi connectivity index (χ1n) is 5.91. The largest absolute Gasteiger partial charge is 0.480 e. The highest BCUT2D eigenvalue weighted by Crippen LogP contribution is 2.33. The molecule has 3 N–H and O–H groups in total. The van der Waals surface area contributed by atoms with Crippen LogP contribution in [0.15, 0.2) is 0 Å². The summed E-state index contributed by atoms with van der Waals surface area (Å²) in [5, 5.41) is 9.09. The van der Waals surface area contributed by atoms with E-state index >= 15 is 0 Å². The number of rotatable bonds is 3. The average Bonchev–Trinajstić information content (AvgIpc) is 2.26. The summed E-state index contributed by atoms with van der Waals surface area (Å²) in [5.41, 5.74) is 5.66. The molecular formula is C11H18N2O3S. The van der Waals surface area contributed by atoms with Gasteiger partial charge >= 0.3 is 5.97 Å². The van der Waals surface area contributed by atoms with Crippen LogP contribution in [0.2, 0.25) is 0 Å². The van der Waals surface area contributed by atoms with Crippen LogP contribution in [0.3, 0.4) is 0 Å². The molecule has 6 heteroatoms. The first kappa shape index (κ1) is 12.7. The Balaban J connectivity index is 1.98. The molecule has 1 saturated heterocycles. The monoisotopic (exact) mass is 258 g/mol. The van der Waals surface area contributed by atoms with Crippen molar-refractivity contribution in [2.45, 2.75) is 37.3 Å². The second-order valence-electron chi connectivity index (χ2n) is 4.91. The van der Waals surface area contributed by atoms with Crippen LogP contribution in [0.5, 0.6) is 0 Å². The number of nitrogens with zero attached hydrogens (tertiary/aromatic N) is 1. The van der Waals surface area contributed by atoms with Crippen molar-refractivity contribution in [1.29, 1.82) is 0 Å². The summed E-state index contributed by atoms with van der Waals surface area (Å²) in [6, 6.07) is -0.676. The molecule has 1 atom stereocenters. The van der Waals surface area contributed by atoms with E-state index in [-0.39, 0.29) is 11.4 Å². The minimum absolute atomic E-state index is 0.0973. The van der Waals surface area contributed by atoms with Crippen LogP contribution in [0.1, 0.15) is 25.7 Å². The van der Waals surface area contributed by atoms with E-state index in [0.717, 1.165) is 25.0 Å². The molecule has 0 aromatic carbocycles. The standard InChI is InChI=1S/C11H18N2O3S/c12-11(2-1-3-11)6-9(14)13-4-5-17-7-8(13)10(15)16/h8H,1-7,12H2,(H,15,16). The highest BCUT2D eigenvalue weighted by Gasteiger charge is 2.39. The quantitative estimate of drug-likeness (QED) is 0.760. The van der Waals surface area contributed by atoms with Gasteiger partial charge in [0, 0.05) is 30.0 Å². The van der Waals surface area contributed by atoms with Gasteiger partial charge in [-0.25, -0.2) is 4.79 Å². The first-order chi connectivity index (χ1) is 8.02. The van der Waals surface area contributed by atoms with Crippen LogP contribution in [0.4, 0.5) is 0 Å². The highest BCUT2D eigenvalue weighted by atomic mass is 32.2. The molecular weight excluding hydrogens is 240 g/mol. The molecule has 1 saturated carbocycles. The summed E-state index contributed by atoms with van der Waals surface area (Å²) in [6.07, 6.45) is 3.11. The Kier molecular flexibility index (Phi) is 3.63. The van der Waals surface area contributed by atoms with Gasteiger partial charge in [-0.1, -0.05) is 0 Å². The summed E-state index contributed by atoms with van der Waals surface area (Å²) in [4.78, 5) is 24.7. The SMILES string of the molecule is NC1(CC(=O)N2CCSCC2C(=O)O)CCC1. The lowest BCUT2D eigenvalue weighted by Crippen LogP contribution is -2.55. The van der Waals surface area contributed by atoms with Crippen molar-refractivity contribution in [1.82, 2.24) is 4.90 Å². The maximum Gasteiger partial charge on any atom is 0.327 e. The van der Waals surface area contributed by atoms with Crippen molar-refractivity contribution in [3.8, 4) is 0 Å². The second kappa shape index (κ2) is 4.86. The zero-order valence-electron chi connectivity index (χ0n) is 9.72. The van der Waals surface area contributed by atoms with Crippen LogP contribution < -0.4 is 5.73 Å². The Morgan fingerprint density at radius 3 is 2.71 bits per heavy atom. The van der Waals surface area contributed by atoms with Crippen molar-refractivity contribution in [2.24, 2.45) is 5.73 Å². The first-order valence-corrected chi connectivity index (χ1v) is 7.06. The van der Waals surface area contributed by atoms with Crippen LogP contribution >= 0.6 is 11.8 Å². The molecule has 2 aliphatic rings. The van der Waals surface area contributed by atoms with E-state index in [1.54, 1.807) is 11.8 Å². The minimum Gasteiger partial charge on any atom is -0.480 e. The molecule has 17 heavy (non-hydrogen) atoms. The Morgan fingerprint density at radius 2 is 2.18 bits per heavy atom. The number of carbonyl (C=O) groups is 2. The summed E-state index contributed by atoms with van der Waals surface area (Å²) < 4.78 is 0. The maximum absolute atomic E-state index is 12.1. The molecule has 0 radical (unpaired) electrons. The molecule has 1 aliphatic heterocycles. The number of aliphatic carboxylic acids is 1. The fourth-order valence-corrected chi connectivity index (χ4v) is 3.36. The molecule has 0 aromatic rings. The number of hydrogen-bond acceptors (Lipinski definition) is 4. The highest BCUT2D eigenvalue weighted by molar-refractivity contribution is 7.99. The summed E-state index contributed by atoms with van der Waals surface area (Å²) in [6.45, 7) is 0.524. The van der Waals surface area contributed by atoms with Crippen LogP contribution in [-0.4, -0.2) is 51.5 Å². The molecule has 1 amide bonds. The van der Waals surface area contributed by atoms with Crippen molar-refractivity contribution >= 4 is 23.6 Å². The van der Waals surface area contributed by atoms with Gasteiger partial charge in [-0.05, 0) is 19.3 Å².